The highest BCUT2D eigenvalue weighted by Crippen LogP contribution is 2.42. The van der Waals surface area contributed by atoms with E-state index in [0.717, 1.165) is 25.5 Å². The molecule has 122 valence electrons. The summed E-state index contributed by atoms with van der Waals surface area (Å²) in [6, 6.07) is 1.08. The third-order valence-corrected chi connectivity index (χ3v) is 5.41. The van der Waals surface area contributed by atoms with Gasteiger partial charge in [-0.3, -0.25) is 9.89 Å². The SMILES string of the molecule is CCN1CCCC1CNC(=NC)NC1CC(OC)C1(C)C. The van der Waals surface area contributed by atoms with Crippen LogP contribution < -0.4 is 10.6 Å². The summed E-state index contributed by atoms with van der Waals surface area (Å²) >= 11 is 0. The van der Waals surface area contributed by atoms with Crippen LogP contribution in [-0.4, -0.2) is 62.8 Å². The van der Waals surface area contributed by atoms with Crippen molar-refractivity contribution in [2.24, 2.45) is 10.4 Å². The van der Waals surface area contributed by atoms with Crippen molar-refractivity contribution in [2.45, 2.75) is 58.2 Å². The first-order valence-corrected chi connectivity index (χ1v) is 8.27. The van der Waals surface area contributed by atoms with Crippen LogP contribution in [0.3, 0.4) is 0 Å². The van der Waals surface area contributed by atoms with Gasteiger partial charge in [0, 0.05) is 38.2 Å². The summed E-state index contributed by atoms with van der Waals surface area (Å²) < 4.78 is 5.51. The predicted octanol–water partition coefficient (Wildman–Crippen LogP) is 1.45. The standard InChI is InChI=1S/C16H32N4O/c1-6-20-9-7-8-12(20)11-18-15(17-4)19-13-10-14(21-5)16(13,2)3/h12-14H,6-11H2,1-5H3,(H2,17,18,19). The third-order valence-electron chi connectivity index (χ3n) is 5.41. The normalized spacial score (nSPS) is 32.8. The van der Waals surface area contributed by atoms with Crippen LogP contribution in [0, 0.1) is 5.41 Å². The fraction of sp³-hybridized carbons (Fsp3) is 0.938. The third kappa shape index (κ3) is 3.51. The van der Waals surface area contributed by atoms with Crippen molar-refractivity contribution < 1.29 is 4.74 Å². The van der Waals surface area contributed by atoms with Gasteiger partial charge in [0.1, 0.15) is 0 Å². The molecule has 3 unspecified atom stereocenters. The molecule has 0 radical (unpaired) electrons. The number of hydrogen-bond donors (Lipinski definition) is 2. The van der Waals surface area contributed by atoms with Crippen LogP contribution in [0.2, 0.25) is 0 Å². The minimum absolute atomic E-state index is 0.162. The van der Waals surface area contributed by atoms with Crippen molar-refractivity contribution in [1.82, 2.24) is 15.5 Å². The Balaban J connectivity index is 1.79. The molecule has 0 bridgehead atoms. The zero-order valence-corrected chi connectivity index (χ0v) is 14.3. The molecule has 0 aromatic heterocycles. The number of likely N-dealkylation sites (N-methyl/N-ethyl adjacent to an activating group) is 1. The summed E-state index contributed by atoms with van der Waals surface area (Å²) in [6.07, 6.45) is 4.00. The molecule has 1 saturated carbocycles. The number of nitrogens with one attached hydrogen (secondary N) is 2. The van der Waals surface area contributed by atoms with Gasteiger partial charge in [-0.2, -0.15) is 0 Å². The van der Waals surface area contributed by atoms with E-state index in [1.165, 1.54) is 19.4 Å². The van der Waals surface area contributed by atoms with E-state index in [1.54, 1.807) is 7.11 Å². The molecule has 3 atom stereocenters. The number of guanidine groups is 1. The van der Waals surface area contributed by atoms with E-state index in [4.69, 9.17) is 4.74 Å². The minimum atomic E-state index is 0.162. The summed E-state index contributed by atoms with van der Waals surface area (Å²) in [5, 5.41) is 7.06. The molecule has 1 saturated heterocycles. The Hall–Kier alpha value is -0.810. The molecule has 0 aromatic carbocycles. The lowest BCUT2D eigenvalue weighted by Crippen LogP contribution is -2.63. The van der Waals surface area contributed by atoms with E-state index in [0.29, 0.717) is 18.2 Å². The second kappa shape index (κ2) is 6.97. The van der Waals surface area contributed by atoms with Gasteiger partial charge >= 0.3 is 0 Å². The maximum absolute atomic E-state index is 5.51. The van der Waals surface area contributed by atoms with Crippen molar-refractivity contribution >= 4 is 5.96 Å². The molecule has 2 fully saturated rings. The summed E-state index contributed by atoms with van der Waals surface area (Å²) in [5.74, 6) is 0.922. The molecule has 2 N–H and O–H groups in total. The molecule has 2 rings (SSSR count). The second-order valence-electron chi connectivity index (χ2n) is 6.86. The molecule has 5 nitrogen and oxygen atoms in total. The lowest BCUT2D eigenvalue weighted by Gasteiger charge is -2.51. The number of methoxy groups -OCH3 is 1. The van der Waals surface area contributed by atoms with Crippen LogP contribution in [0.5, 0.6) is 0 Å². The first-order valence-electron chi connectivity index (χ1n) is 8.27. The van der Waals surface area contributed by atoms with Gasteiger partial charge in [-0.15, -0.1) is 0 Å². The van der Waals surface area contributed by atoms with Crippen molar-refractivity contribution in [2.75, 3.05) is 33.8 Å². The Morgan fingerprint density at radius 1 is 1.43 bits per heavy atom. The van der Waals surface area contributed by atoms with Crippen LogP contribution in [0.1, 0.15) is 40.0 Å². The first kappa shape index (κ1) is 16.6. The Bertz CT molecular complexity index is 369. The molecular weight excluding hydrogens is 264 g/mol. The fourth-order valence-electron chi connectivity index (χ4n) is 3.65. The fourth-order valence-corrected chi connectivity index (χ4v) is 3.65. The second-order valence-corrected chi connectivity index (χ2v) is 6.86. The molecule has 2 aliphatic rings. The highest BCUT2D eigenvalue weighted by atomic mass is 16.5. The van der Waals surface area contributed by atoms with E-state index < -0.39 is 0 Å². The van der Waals surface area contributed by atoms with Crippen molar-refractivity contribution in [3.63, 3.8) is 0 Å². The molecule has 0 amide bonds. The van der Waals surface area contributed by atoms with Crippen molar-refractivity contribution in [1.29, 1.82) is 0 Å². The molecule has 21 heavy (non-hydrogen) atoms. The molecular formula is C16H32N4O. The maximum Gasteiger partial charge on any atom is 0.191 e. The topological polar surface area (TPSA) is 48.9 Å². The molecule has 1 aliphatic carbocycles. The van der Waals surface area contributed by atoms with E-state index in [-0.39, 0.29) is 5.41 Å². The Morgan fingerprint density at radius 2 is 2.19 bits per heavy atom. The van der Waals surface area contributed by atoms with Crippen LogP contribution >= 0.6 is 0 Å². The van der Waals surface area contributed by atoms with Crippen LogP contribution in [-0.2, 0) is 4.74 Å². The van der Waals surface area contributed by atoms with Gasteiger partial charge in [0.2, 0.25) is 0 Å². The van der Waals surface area contributed by atoms with E-state index >= 15 is 0 Å². The van der Waals surface area contributed by atoms with Gasteiger partial charge in [0.15, 0.2) is 5.96 Å². The highest BCUT2D eigenvalue weighted by Gasteiger charge is 2.48. The van der Waals surface area contributed by atoms with Crippen molar-refractivity contribution in [3.05, 3.63) is 0 Å². The summed E-state index contributed by atoms with van der Waals surface area (Å²) in [5.41, 5.74) is 0.162. The molecule has 1 aliphatic heterocycles. The lowest BCUT2D eigenvalue weighted by atomic mass is 9.64. The number of rotatable bonds is 5. The monoisotopic (exact) mass is 296 g/mol. The number of nitrogens with zero attached hydrogens (tertiary/aromatic N) is 2. The molecule has 0 aromatic rings. The Kier molecular flexibility index (Phi) is 5.49. The Labute approximate surface area is 129 Å². The van der Waals surface area contributed by atoms with Crippen LogP contribution in [0.25, 0.3) is 0 Å². The van der Waals surface area contributed by atoms with Gasteiger partial charge in [0.25, 0.3) is 0 Å². The van der Waals surface area contributed by atoms with Gasteiger partial charge in [-0.25, -0.2) is 0 Å². The average Bonchev–Trinajstić information content (AvgIpc) is 2.93. The van der Waals surface area contributed by atoms with E-state index in [1.807, 2.05) is 7.05 Å². The summed E-state index contributed by atoms with van der Waals surface area (Å²) in [4.78, 5) is 6.92. The predicted molar refractivity (Wildman–Crippen MR) is 87.7 cm³/mol. The minimum Gasteiger partial charge on any atom is -0.381 e. The lowest BCUT2D eigenvalue weighted by molar-refractivity contribution is -0.0922. The Morgan fingerprint density at radius 3 is 2.76 bits per heavy atom. The number of ether oxygens (including phenoxy) is 1. The zero-order valence-electron chi connectivity index (χ0n) is 14.3. The largest absolute Gasteiger partial charge is 0.381 e. The zero-order chi connectivity index (χ0) is 15.5. The van der Waals surface area contributed by atoms with Gasteiger partial charge in [-0.05, 0) is 32.4 Å². The number of hydrogen-bond acceptors (Lipinski definition) is 3. The number of aliphatic imine (C=N–C) groups is 1. The van der Waals surface area contributed by atoms with E-state index in [2.05, 4.69) is 41.3 Å². The van der Waals surface area contributed by atoms with Crippen LogP contribution in [0.15, 0.2) is 4.99 Å². The summed E-state index contributed by atoms with van der Waals surface area (Å²) in [6.45, 7) is 10.1. The van der Waals surface area contributed by atoms with Gasteiger partial charge in [-0.1, -0.05) is 20.8 Å². The quantitative estimate of drug-likeness (QED) is 0.595. The van der Waals surface area contributed by atoms with E-state index in [9.17, 15) is 0 Å². The smallest absolute Gasteiger partial charge is 0.191 e. The average molecular weight is 296 g/mol. The maximum atomic E-state index is 5.51. The van der Waals surface area contributed by atoms with Crippen LogP contribution in [0.4, 0.5) is 0 Å². The molecule has 5 heteroatoms. The highest BCUT2D eigenvalue weighted by molar-refractivity contribution is 5.80. The summed E-state index contributed by atoms with van der Waals surface area (Å²) in [7, 11) is 3.65. The van der Waals surface area contributed by atoms with Gasteiger partial charge < -0.3 is 15.4 Å². The first-order chi connectivity index (χ1) is 10.0. The number of likely N-dealkylation sites (tertiary alicyclic amines) is 1. The van der Waals surface area contributed by atoms with Gasteiger partial charge in [0.05, 0.1) is 6.10 Å². The molecule has 1 heterocycles. The molecule has 0 spiro atoms. The van der Waals surface area contributed by atoms with Crippen molar-refractivity contribution in [3.8, 4) is 0 Å².